The lowest BCUT2D eigenvalue weighted by Gasteiger charge is -2.46. The molecule has 1 aromatic rings. The van der Waals surface area contributed by atoms with E-state index in [1.165, 1.54) is 24.0 Å². The summed E-state index contributed by atoms with van der Waals surface area (Å²) in [5, 5.41) is 3.90. The third-order valence-electron chi connectivity index (χ3n) is 6.14. The molecule has 0 aromatic heterocycles. The summed E-state index contributed by atoms with van der Waals surface area (Å²) in [6.45, 7) is 6.68. The van der Waals surface area contributed by atoms with Gasteiger partial charge in [0.25, 0.3) is 0 Å². The molecular weight excluding hydrogens is 342 g/mol. The molecule has 1 aromatic carbocycles. The molecule has 146 valence electrons. The molecule has 1 unspecified atom stereocenters. The van der Waals surface area contributed by atoms with Crippen molar-refractivity contribution in [1.82, 2.24) is 15.1 Å². The van der Waals surface area contributed by atoms with Crippen molar-refractivity contribution in [3.63, 3.8) is 0 Å². The first-order chi connectivity index (χ1) is 12.4. The molecule has 0 saturated carbocycles. The van der Waals surface area contributed by atoms with Crippen molar-refractivity contribution in [2.75, 3.05) is 41.3 Å². The number of nitrogens with zero attached hydrogens (tertiary/aromatic N) is 2. The fourth-order valence-electron chi connectivity index (χ4n) is 4.20. The first-order valence-corrected chi connectivity index (χ1v) is 10.1. The minimum absolute atomic E-state index is 0.170. The van der Waals surface area contributed by atoms with E-state index >= 15 is 0 Å². The van der Waals surface area contributed by atoms with Crippen molar-refractivity contribution >= 4 is 17.3 Å². The zero-order valence-electron chi connectivity index (χ0n) is 17.3. The molecule has 1 saturated heterocycles. The molecule has 1 aliphatic rings. The Balaban J connectivity index is 2.39. The third-order valence-corrected chi connectivity index (χ3v) is 6.65. The Morgan fingerprint density at radius 1 is 1.46 bits per heavy atom. The lowest BCUT2D eigenvalue weighted by molar-refractivity contribution is 0.118. The highest BCUT2D eigenvalue weighted by molar-refractivity contribution is 7.80. The quantitative estimate of drug-likeness (QED) is 0.767. The number of ether oxygens (including phenoxy) is 1. The van der Waals surface area contributed by atoms with E-state index in [4.69, 9.17) is 17.0 Å². The first-order valence-electron chi connectivity index (χ1n) is 9.67. The summed E-state index contributed by atoms with van der Waals surface area (Å²) in [4.78, 5) is 4.64. The lowest BCUT2D eigenvalue weighted by Crippen LogP contribution is -2.48. The number of methoxy groups -OCH3 is 1. The number of piperidine rings is 1. The van der Waals surface area contributed by atoms with Gasteiger partial charge in [0.15, 0.2) is 5.11 Å². The van der Waals surface area contributed by atoms with E-state index in [1.807, 2.05) is 7.05 Å². The number of nitrogens with one attached hydrogen (secondary N) is 1. The highest BCUT2D eigenvalue weighted by Gasteiger charge is 2.39. The molecule has 1 N–H and O–H groups in total. The number of rotatable bonds is 6. The highest BCUT2D eigenvalue weighted by atomic mass is 32.1. The smallest absolute Gasteiger partial charge is 0.168 e. The minimum Gasteiger partial charge on any atom is -0.497 e. The Hall–Kier alpha value is -1.33. The van der Waals surface area contributed by atoms with Gasteiger partial charge >= 0.3 is 0 Å². The Kier molecular flexibility index (Phi) is 7.30. The zero-order valence-corrected chi connectivity index (χ0v) is 18.1. The third kappa shape index (κ3) is 4.49. The van der Waals surface area contributed by atoms with Crippen LogP contribution in [0.25, 0.3) is 0 Å². The molecule has 0 spiro atoms. The van der Waals surface area contributed by atoms with Gasteiger partial charge in [-0.25, -0.2) is 0 Å². The van der Waals surface area contributed by atoms with Gasteiger partial charge in [-0.1, -0.05) is 13.0 Å². The summed E-state index contributed by atoms with van der Waals surface area (Å²) in [6.07, 6.45) is 4.50. The maximum absolute atomic E-state index is 5.57. The van der Waals surface area contributed by atoms with E-state index in [0.29, 0.717) is 6.04 Å². The number of thiocarbonyl (C=S) groups is 1. The van der Waals surface area contributed by atoms with Crippen LogP contribution in [0, 0.1) is 0 Å². The Labute approximate surface area is 164 Å². The van der Waals surface area contributed by atoms with Crippen molar-refractivity contribution in [3.05, 3.63) is 29.3 Å². The van der Waals surface area contributed by atoms with Gasteiger partial charge in [0.2, 0.25) is 0 Å². The second-order valence-electron chi connectivity index (χ2n) is 7.67. The minimum atomic E-state index is 0.170. The fraction of sp³-hybridized carbons (Fsp3) is 0.667. The van der Waals surface area contributed by atoms with Gasteiger partial charge in [-0.2, -0.15) is 0 Å². The topological polar surface area (TPSA) is 27.7 Å². The summed E-state index contributed by atoms with van der Waals surface area (Å²) in [5.41, 5.74) is 3.09. The van der Waals surface area contributed by atoms with Gasteiger partial charge in [-0.3, -0.25) is 0 Å². The summed E-state index contributed by atoms with van der Waals surface area (Å²) >= 11 is 5.41. The SMILES string of the molecule is CCc1ccc(OC)cc1[C@]1(CCN(C)C(=S)NC)CCN(C)C(C)C1. The fourth-order valence-corrected chi connectivity index (χ4v) is 4.29. The average Bonchev–Trinajstić information content (AvgIpc) is 2.67. The maximum atomic E-state index is 5.57. The highest BCUT2D eigenvalue weighted by Crippen LogP contribution is 2.43. The van der Waals surface area contributed by atoms with Crippen LogP contribution in [0.2, 0.25) is 0 Å². The van der Waals surface area contributed by atoms with Crippen LogP contribution in [0.5, 0.6) is 5.75 Å². The monoisotopic (exact) mass is 377 g/mol. The molecule has 0 radical (unpaired) electrons. The van der Waals surface area contributed by atoms with E-state index in [0.717, 1.165) is 36.8 Å². The second kappa shape index (κ2) is 9.05. The van der Waals surface area contributed by atoms with Crippen LogP contribution < -0.4 is 10.1 Å². The van der Waals surface area contributed by atoms with E-state index in [-0.39, 0.29) is 5.41 Å². The second-order valence-corrected chi connectivity index (χ2v) is 8.05. The predicted octanol–water partition coefficient (Wildman–Crippen LogP) is 3.44. The average molecular weight is 378 g/mol. The van der Waals surface area contributed by atoms with Gasteiger partial charge in [-0.05, 0) is 81.7 Å². The van der Waals surface area contributed by atoms with Gasteiger partial charge < -0.3 is 19.9 Å². The molecular formula is C21H35N3OS. The zero-order chi connectivity index (χ0) is 19.3. The van der Waals surface area contributed by atoms with Crippen molar-refractivity contribution < 1.29 is 4.74 Å². The number of aryl methyl sites for hydroxylation is 1. The molecule has 4 nitrogen and oxygen atoms in total. The van der Waals surface area contributed by atoms with Crippen LogP contribution in [-0.4, -0.2) is 62.3 Å². The molecule has 1 heterocycles. The van der Waals surface area contributed by atoms with Crippen molar-refractivity contribution in [3.8, 4) is 5.75 Å². The number of hydrogen-bond acceptors (Lipinski definition) is 3. The summed E-state index contributed by atoms with van der Waals surface area (Å²) in [7, 11) is 7.97. The van der Waals surface area contributed by atoms with E-state index in [1.54, 1.807) is 7.11 Å². The molecule has 5 heteroatoms. The van der Waals surface area contributed by atoms with Crippen LogP contribution in [0.3, 0.4) is 0 Å². The van der Waals surface area contributed by atoms with Gasteiger partial charge in [0.1, 0.15) is 5.75 Å². The summed E-state index contributed by atoms with van der Waals surface area (Å²) in [5.74, 6) is 0.960. The number of benzene rings is 1. The molecule has 1 fully saturated rings. The Morgan fingerprint density at radius 2 is 2.19 bits per heavy atom. The number of hydrogen-bond donors (Lipinski definition) is 1. The predicted molar refractivity (Wildman–Crippen MR) is 114 cm³/mol. The van der Waals surface area contributed by atoms with E-state index in [2.05, 4.69) is 61.3 Å². The van der Waals surface area contributed by atoms with Gasteiger partial charge in [-0.15, -0.1) is 0 Å². The van der Waals surface area contributed by atoms with Crippen LogP contribution in [0.15, 0.2) is 18.2 Å². The lowest BCUT2D eigenvalue weighted by atomic mass is 9.67. The summed E-state index contributed by atoms with van der Waals surface area (Å²) < 4.78 is 5.57. The Morgan fingerprint density at radius 3 is 2.77 bits per heavy atom. The summed E-state index contributed by atoms with van der Waals surface area (Å²) in [6, 6.07) is 7.20. The standard InChI is InChI=1S/C21H35N3OS/c1-7-17-8-9-18(25-6)14-19(17)21(10-12-23(4)16(2)15-21)11-13-24(5)20(26)22-3/h8-9,14,16H,7,10-13,15H2,1-6H3,(H,22,26)/t16?,21-/m0/s1. The number of likely N-dealkylation sites (tertiary alicyclic amines) is 1. The van der Waals surface area contributed by atoms with Crippen molar-refractivity contribution in [2.24, 2.45) is 0 Å². The van der Waals surface area contributed by atoms with Crippen molar-refractivity contribution in [1.29, 1.82) is 0 Å². The molecule has 0 bridgehead atoms. The van der Waals surface area contributed by atoms with Crippen LogP contribution in [0.4, 0.5) is 0 Å². The van der Waals surface area contributed by atoms with E-state index < -0.39 is 0 Å². The van der Waals surface area contributed by atoms with Crippen LogP contribution in [0.1, 0.15) is 44.2 Å². The Bertz CT molecular complexity index is 621. The normalized spacial score (nSPS) is 23.5. The van der Waals surface area contributed by atoms with Gasteiger partial charge in [0.05, 0.1) is 7.11 Å². The molecule has 1 aliphatic heterocycles. The van der Waals surface area contributed by atoms with Crippen LogP contribution >= 0.6 is 12.2 Å². The first kappa shape index (κ1) is 21.0. The molecule has 2 rings (SSSR count). The van der Waals surface area contributed by atoms with Crippen molar-refractivity contribution in [2.45, 2.75) is 51.0 Å². The molecule has 2 atom stereocenters. The maximum Gasteiger partial charge on any atom is 0.168 e. The van der Waals surface area contributed by atoms with E-state index in [9.17, 15) is 0 Å². The molecule has 26 heavy (non-hydrogen) atoms. The molecule has 0 aliphatic carbocycles. The van der Waals surface area contributed by atoms with Gasteiger partial charge in [0, 0.05) is 32.1 Å². The largest absolute Gasteiger partial charge is 0.497 e. The molecule has 0 amide bonds. The van der Waals surface area contributed by atoms with Crippen LogP contribution in [-0.2, 0) is 11.8 Å².